The Bertz CT molecular complexity index is 1220. The molecule has 1 aliphatic rings. The summed E-state index contributed by atoms with van der Waals surface area (Å²) in [5, 5.41) is 27.5. The van der Waals surface area contributed by atoms with Gasteiger partial charge in [0.05, 0.1) is 5.56 Å². The lowest BCUT2D eigenvalue weighted by Gasteiger charge is -2.20. The first-order chi connectivity index (χ1) is 14.2. The summed E-state index contributed by atoms with van der Waals surface area (Å²) in [6, 6.07) is 25.4. The first-order valence-corrected chi connectivity index (χ1v) is 10.3. The summed E-state index contributed by atoms with van der Waals surface area (Å²) >= 11 is 1.61. The Morgan fingerprint density at radius 2 is 1.41 bits per heavy atom. The van der Waals surface area contributed by atoms with Crippen LogP contribution in [-0.2, 0) is 0 Å². The Hall–Kier alpha value is -3.50. The molecule has 0 bridgehead atoms. The van der Waals surface area contributed by atoms with Gasteiger partial charge in [-0.25, -0.2) is 0 Å². The van der Waals surface area contributed by atoms with Crippen molar-refractivity contribution in [1.29, 1.82) is 0 Å². The van der Waals surface area contributed by atoms with E-state index >= 15 is 0 Å². The van der Waals surface area contributed by atoms with E-state index in [-0.39, 0.29) is 5.75 Å². The van der Waals surface area contributed by atoms with Crippen LogP contribution in [-0.4, -0.2) is 16.8 Å². The largest absolute Gasteiger partial charge is 0.508 e. The molecule has 0 unspecified atom stereocenters. The van der Waals surface area contributed by atoms with Gasteiger partial charge in [0.15, 0.2) is 0 Å². The summed E-state index contributed by atoms with van der Waals surface area (Å²) in [4.78, 5) is 0. The summed E-state index contributed by atoms with van der Waals surface area (Å²) in [6.45, 7) is 0.603. The molecule has 1 aromatic heterocycles. The molecule has 2 heterocycles. The highest BCUT2D eigenvalue weighted by Crippen LogP contribution is 2.44. The molecule has 0 amide bonds. The van der Waals surface area contributed by atoms with Gasteiger partial charge in [-0.3, -0.25) is 0 Å². The highest BCUT2D eigenvalue weighted by Gasteiger charge is 2.24. The van der Waals surface area contributed by atoms with E-state index in [2.05, 4.69) is 22.8 Å². The van der Waals surface area contributed by atoms with Crippen LogP contribution in [0.25, 0.3) is 33.6 Å². The minimum atomic E-state index is 0.248. The predicted molar refractivity (Wildman–Crippen MR) is 121 cm³/mol. The van der Waals surface area contributed by atoms with E-state index in [0.717, 1.165) is 44.0 Å². The van der Waals surface area contributed by atoms with Crippen LogP contribution in [0, 0.1) is 0 Å². The van der Waals surface area contributed by atoms with Crippen LogP contribution in [0.3, 0.4) is 0 Å². The first kappa shape index (κ1) is 17.6. The van der Waals surface area contributed by atoms with Gasteiger partial charge in [-0.2, -0.15) is 0 Å². The number of nitrogens with one attached hydrogen (secondary N) is 1. The van der Waals surface area contributed by atoms with E-state index in [1.54, 1.807) is 23.5 Å². The van der Waals surface area contributed by atoms with Crippen LogP contribution in [0.2, 0.25) is 0 Å². The molecule has 142 valence electrons. The molecule has 4 aromatic rings. The zero-order valence-electron chi connectivity index (χ0n) is 15.6. The standard InChI is InChI=1S/C25H19NO2S/c27-20-11-5-9-18(13-20)17-8-4-10-19(12-17)22-15-29-25-23(22)24(28)21(14-26-25)16-6-2-1-3-7-16/h1-13,15,26-28H,14H2. The number of aliphatic hydroxyl groups excluding tert-OH is 1. The highest BCUT2D eigenvalue weighted by molar-refractivity contribution is 7.15. The van der Waals surface area contributed by atoms with Crippen LogP contribution >= 0.6 is 11.3 Å². The van der Waals surface area contributed by atoms with E-state index < -0.39 is 0 Å². The maximum atomic E-state index is 11.1. The number of phenols is 1. The Balaban J connectivity index is 1.62. The molecule has 0 saturated heterocycles. The lowest BCUT2D eigenvalue weighted by molar-refractivity contribution is 0.475. The third kappa shape index (κ3) is 3.18. The maximum Gasteiger partial charge on any atom is 0.131 e. The number of aromatic hydroxyl groups is 1. The maximum absolute atomic E-state index is 11.1. The molecule has 3 aromatic carbocycles. The average molecular weight is 397 g/mol. The summed E-state index contributed by atoms with van der Waals surface area (Å²) in [5.41, 5.74) is 6.80. The number of thiophene rings is 1. The van der Waals surface area contributed by atoms with Crippen LogP contribution < -0.4 is 5.32 Å². The Labute approximate surface area is 173 Å². The van der Waals surface area contributed by atoms with Crippen molar-refractivity contribution in [1.82, 2.24) is 0 Å². The van der Waals surface area contributed by atoms with Crippen molar-refractivity contribution in [2.75, 3.05) is 11.9 Å². The molecular formula is C25H19NO2S. The van der Waals surface area contributed by atoms with E-state index in [4.69, 9.17) is 0 Å². The van der Waals surface area contributed by atoms with E-state index in [1.807, 2.05) is 54.6 Å². The Kier molecular flexibility index (Phi) is 4.34. The summed E-state index contributed by atoms with van der Waals surface area (Å²) in [5.74, 6) is 0.585. The molecule has 3 N–H and O–H groups in total. The third-order valence-corrected chi connectivity index (χ3v) is 6.15. The average Bonchev–Trinajstić information content (AvgIpc) is 3.20. The van der Waals surface area contributed by atoms with Gasteiger partial charge in [0.1, 0.15) is 16.5 Å². The number of fused-ring (bicyclic) bond motifs is 1. The topological polar surface area (TPSA) is 52.5 Å². The molecule has 0 radical (unpaired) electrons. The molecule has 5 rings (SSSR count). The fourth-order valence-corrected chi connectivity index (χ4v) is 4.74. The fourth-order valence-electron chi connectivity index (χ4n) is 3.77. The molecule has 0 fully saturated rings. The second kappa shape index (κ2) is 7.15. The number of aliphatic hydroxyl groups is 1. The monoisotopic (exact) mass is 397 g/mol. The van der Waals surface area contributed by atoms with E-state index in [0.29, 0.717) is 12.3 Å². The third-order valence-electron chi connectivity index (χ3n) is 5.21. The number of hydrogen-bond acceptors (Lipinski definition) is 4. The SMILES string of the molecule is OC1=C(c2ccccc2)CNc2scc(-c3cccc(-c4cccc(O)c4)c3)c21. The molecule has 1 aliphatic heterocycles. The van der Waals surface area contributed by atoms with Crippen molar-refractivity contribution < 1.29 is 10.2 Å². The number of hydrogen-bond donors (Lipinski definition) is 3. The van der Waals surface area contributed by atoms with Crippen molar-refractivity contribution in [3.8, 4) is 28.0 Å². The van der Waals surface area contributed by atoms with Gasteiger partial charge in [0.2, 0.25) is 0 Å². The molecule has 29 heavy (non-hydrogen) atoms. The van der Waals surface area contributed by atoms with Gasteiger partial charge in [0.25, 0.3) is 0 Å². The van der Waals surface area contributed by atoms with Gasteiger partial charge in [-0.05, 0) is 40.5 Å². The van der Waals surface area contributed by atoms with Crippen LogP contribution in [0.5, 0.6) is 5.75 Å². The Morgan fingerprint density at radius 3 is 2.21 bits per heavy atom. The molecule has 0 saturated carbocycles. The molecule has 4 heteroatoms. The quantitative estimate of drug-likeness (QED) is 0.363. The minimum Gasteiger partial charge on any atom is -0.508 e. The lowest BCUT2D eigenvalue weighted by atomic mass is 9.93. The molecular weight excluding hydrogens is 378 g/mol. The van der Waals surface area contributed by atoms with Crippen LogP contribution in [0.15, 0.2) is 84.2 Å². The van der Waals surface area contributed by atoms with Crippen molar-refractivity contribution in [2.45, 2.75) is 0 Å². The molecule has 0 aliphatic carbocycles. The number of rotatable bonds is 3. The summed E-state index contributed by atoms with van der Waals surface area (Å²) in [7, 11) is 0. The van der Waals surface area contributed by atoms with E-state index in [9.17, 15) is 10.2 Å². The number of phenolic OH excluding ortho intramolecular Hbond substituents is 1. The van der Waals surface area contributed by atoms with Gasteiger partial charge in [0, 0.05) is 23.1 Å². The zero-order valence-corrected chi connectivity index (χ0v) is 16.4. The normalized spacial score (nSPS) is 13.1. The first-order valence-electron chi connectivity index (χ1n) is 9.44. The number of benzene rings is 3. The van der Waals surface area contributed by atoms with Crippen molar-refractivity contribution in [2.24, 2.45) is 0 Å². The second-order valence-corrected chi connectivity index (χ2v) is 7.91. The van der Waals surface area contributed by atoms with Gasteiger partial charge >= 0.3 is 0 Å². The molecule has 0 spiro atoms. The second-order valence-electron chi connectivity index (χ2n) is 7.03. The van der Waals surface area contributed by atoms with Crippen LogP contribution in [0.4, 0.5) is 5.00 Å². The molecule has 3 nitrogen and oxygen atoms in total. The van der Waals surface area contributed by atoms with Gasteiger partial charge < -0.3 is 15.5 Å². The van der Waals surface area contributed by atoms with Crippen molar-refractivity contribution >= 4 is 27.7 Å². The minimum absolute atomic E-state index is 0.248. The summed E-state index contributed by atoms with van der Waals surface area (Å²) < 4.78 is 0. The predicted octanol–water partition coefficient (Wildman–Crippen LogP) is 6.64. The smallest absolute Gasteiger partial charge is 0.131 e. The lowest BCUT2D eigenvalue weighted by Crippen LogP contribution is -2.12. The zero-order chi connectivity index (χ0) is 19.8. The van der Waals surface area contributed by atoms with Crippen LogP contribution in [0.1, 0.15) is 11.1 Å². The fraction of sp³-hybridized carbons (Fsp3) is 0.0400. The van der Waals surface area contributed by atoms with Crippen molar-refractivity contribution in [3.05, 3.63) is 95.4 Å². The summed E-state index contributed by atoms with van der Waals surface area (Å²) in [6.07, 6.45) is 0. The van der Waals surface area contributed by atoms with E-state index in [1.165, 1.54) is 0 Å². The number of anilines is 1. The van der Waals surface area contributed by atoms with Crippen molar-refractivity contribution in [3.63, 3.8) is 0 Å². The molecule has 0 atom stereocenters. The highest BCUT2D eigenvalue weighted by atomic mass is 32.1. The van der Waals surface area contributed by atoms with Gasteiger partial charge in [-0.1, -0.05) is 60.7 Å². The Morgan fingerprint density at radius 1 is 0.724 bits per heavy atom. The van der Waals surface area contributed by atoms with Gasteiger partial charge in [-0.15, -0.1) is 11.3 Å².